The zero-order valence-corrected chi connectivity index (χ0v) is 7.65. The lowest BCUT2D eigenvalue weighted by Crippen LogP contribution is -2.12. The monoisotopic (exact) mass is 198 g/mol. The Morgan fingerprint density at radius 3 is 2.80 bits per heavy atom. The lowest BCUT2D eigenvalue weighted by Gasteiger charge is -1.99. The molecule has 0 spiro atoms. The first-order valence-corrected chi connectivity index (χ1v) is 4.51. The summed E-state index contributed by atoms with van der Waals surface area (Å²) in [7, 11) is 0. The molecule has 1 aromatic heterocycles. The Bertz CT molecular complexity index is 605. The van der Waals surface area contributed by atoms with Crippen LogP contribution in [0.15, 0.2) is 30.3 Å². The third kappa shape index (κ3) is 1.05. The first-order chi connectivity index (χ1) is 7.25. The van der Waals surface area contributed by atoms with Crippen LogP contribution in [0, 0.1) is 0 Å². The molecule has 1 amide bonds. The molecule has 3 rings (SSSR count). The number of Topliss-reactive ketones (excluding diaryl/α,β-unsaturated/α-hetero) is 1. The number of hydrogen-bond acceptors (Lipinski definition) is 3. The van der Waals surface area contributed by atoms with E-state index in [9.17, 15) is 9.59 Å². The first kappa shape index (κ1) is 8.11. The van der Waals surface area contributed by atoms with E-state index in [4.69, 9.17) is 0 Å². The molecule has 0 radical (unpaired) electrons. The van der Waals surface area contributed by atoms with Crippen molar-refractivity contribution in [1.29, 1.82) is 0 Å². The van der Waals surface area contributed by atoms with Crippen molar-refractivity contribution in [3.05, 3.63) is 36.0 Å². The normalized spacial score (nSPS) is 14.1. The molecule has 72 valence electrons. The molecule has 2 heterocycles. The van der Waals surface area contributed by atoms with E-state index in [2.05, 4.69) is 10.3 Å². The highest BCUT2D eigenvalue weighted by Crippen LogP contribution is 2.25. The molecule has 1 aliphatic heterocycles. The molecule has 0 fully saturated rings. The summed E-state index contributed by atoms with van der Waals surface area (Å²) < 4.78 is 0. The van der Waals surface area contributed by atoms with Gasteiger partial charge in [-0.3, -0.25) is 9.59 Å². The van der Waals surface area contributed by atoms with Crippen LogP contribution in [0.4, 0.5) is 5.69 Å². The van der Waals surface area contributed by atoms with Crippen LogP contribution >= 0.6 is 0 Å². The van der Waals surface area contributed by atoms with Gasteiger partial charge in [0.2, 0.25) is 0 Å². The van der Waals surface area contributed by atoms with E-state index in [-0.39, 0.29) is 5.69 Å². The Kier molecular flexibility index (Phi) is 1.42. The van der Waals surface area contributed by atoms with Gasteiger partial charge in [0, 0.05) is 5.39 Å². The third-order valence-corrected chi connectivity index (χ3v) is 2.39. The minimum atomic E-state index is -0.604. The van der Waals surface area contributed by atoms with E-state index in [0.29, 0.717) is 5.69 Å². The average Bonchev–Trinajstić information content (AvgIpc) is 2.52. The number of rotatable bonds is 0. The number of pyridine rings is 1. The number of nitrogens with one attached hydrogen (secondary N) is 1. The first-order valence-electron chi connectivity index (χ1n) is 4.51. The standard InChI is InChI=1S/C11H6N2O2/c14-10-9-8(13-11(10)15)5-6-3-1-2-4-7(6)12-9/h1-5H,(H,13,14,15). The maximum Gasteiger partial charge on any atom is 0.298 e. The molecule has 15 heavy (non-hydrogen) atoms. The van der Waals surface area contributed by atoms with Crippen molar-refractivity contribution in [1.82, 2.24) is 4.98 Å². The van der Waals surface area contributed by atoms with Gasteiger partial charge in [0.1, 0.15) is 5.69 Å². The molecular weight excluding hydrogens is 192 g/mol. The van der Waals surface area contributed by atoms with Gasteiger partial charge in [-0.2, -0.15) is 0 Å². The van der Waals surface area contributed by atoms with E-state index in [1.165, 1.54) is 0 Å². The van der Waals surface area contributed by atoms with Crippen LogP contribution in [0.2, 0.25) is 0 Å². The maximum atomic E-state index is 11.4. The van der Waals surface area contributed by atoms with Gasteiger partial charge in [0.25, 0.3) is 11.7 Å². The number of fused-ring (bicyclic) bond motifs is 2. The second kappa shape index (κ2) is 2.63. The van der Waals surface area contributed by atoms with E-state index in [0.717, 1.165) is 10.9 Å². The largest absolute Gasteiger partial charge is 0.317 e. The lowest BCUT2D eigenvalue weighted by atomic mass is 10.2. The summed E-state index contributed by atoms with van der Waals surface area (Å²) in [5.74, 6) is -1.16. The van der Waals surface area contributed by atoms with Gasteiger partial charge < -0.3 is 5.32 Å². The Labute approximate surface area is 84.9 Å². The molecule has 0 atom stereocenters. The fourth-order valence-corrected chi connectivity index (χ4v) is 1.67. The number of carbonyl (C=O) groups excluding carboxylic acids is 2. The second-order valence-electron chi connectivity index (χ2n) is 3.36. The van der Waals surface area contributed by atoms with Crippen molar-refractivity contribution >= 4 is 28.3 Å². The molecule has 1 N–H and O–H groups in total. The van der Waals surface area contributed by atoms with Crippen molar-refractivity contribution < 1.29 is 9.59 Å². The van der Waals surface area contributed by atoms with Gasteiger partial charge in [0.15, 0.2) is 0 Å². The number of anilines is 1. The Balaban J connectivity index is 2.36. The summed E-state index contributed by atoms with van der Waals surface area (Å²) in [6.45, 7) is 0. The van der Waals surface area contributed by atoms with Crippen molar-refractivity contribution in [2.75, 3.05) is 5.32 Å². The zero-order chi connectivity index (χ0) is 10.4. The smallest absolute Gasteiger partial charge is 0.298 e. The summed E-state index contributed by atoms with van der Waals surface area (Å²) in [4.78, 5) is 26.6. The molecule has 0 saturated heterocycles. The Morgan fingerprint density at radius 1 is 1.13 bits per heavy atom. The van der Waals surface area contributed by atoms with Gasteiger partial charge in [-0.25, -0.2) is 4.98 Å². The van der Waals surface area contributed by atoms with Crippen molar-refractivity contribution in [2.45, 2.75) is 0 Å². The van der Waals surface area contributed by atoms with E-state index in [1.807, 2.05) is 24.3 Å². The number of hydrogen-bond donors (Lipinski definition) is 1. The van der Waals surface area contributed by atoms with Gasteiger partial charge in [-0.05, 0) is 12.1 Å². The van der Waals surface area contributed by atoms with E-state index < -0.39 is 11.7 Å². The van der Waals surface area contributed by atoms with Gasteiger partial charge in [-0.1, -0.05) is 18.2 Å². The molecule has 0 bridgehead atoms. The molecule has 4 nitrogen and oxygen atoms in total. The van der Waals surface area contributed by atoms with Crippen molar-refractivity contribution in [2.24, 2.45) is 0 Å². The summed E-state index contributed by atoms with van der Waals surface area (Å²) in [6.07, 6.45) is 0. The lowest BCUT2D eigenvalue weighted by molar-refractivity contribution is -0.112. The highest BCUT2D eigenvalue weighted by atomic mass is 16.2. The fraction of sp³-hybridized carbons (Fsp3) is 0. The molecule has 4 heteroatoms. The SMILES string of the molecule is O=C1Nc2cc3ccccc3nc2C1=O. The van der Waals surface area contributed by atoms with Crippen molar-refractivity contribution in [3.63, 3.8) is 0 Å². The Morgan fingerprint density at radius 2 is 1.93 bits per heavy atom. The summed E-state index contributed by atoms with van der Waals surface area (Å²) in [6, 6.07) is 9.19. The molecule has 1 aromatic carbocycles. The molecule has 0 saturated carbocycles. The highest BCUT2D eigenvalue weighted by Gasteiger charge is 2.29. The van der Waals surface area contributed by atoms with Crippen LogP contribution in [-0.2, 0) is 4.79 Å². The van der Waals surface area contributed by atoms with Gasteiger partial charge in [0.05, 0.1) is 11.2 Å². The van der Waals surface area contributed by atoms with E-state index >= 15 is 0 Å². The van der Waals surface area contributed by atoms with Crippen LogP contribution in [0.1, 0.15) is 10.5 Å². The molecule has 2 aromatic rings. The Hall–Kier alpha value is -2.23. The van der Waals surface area contributed by atoms with Crippen molar-refractivity contribution in [3.8, 4) is 0 Å². The predicted octanol–water partition coefficient (Wildman–Crippen LogP) is 1.37. The number of para-hydroxylation sites is 1. The van der Waals surface area contributed by atoms with Crippen LogP contribution in [-0.4, -0.2) is 16.7 Å². The minimum absolute atomic E-state index is 0.221. The number of benzene rings is 1. The highest BCUT2D eigenvalue weighted by molar-refractivity contribution is 6.51. The summed E-state index contributed by atoms with van der Waals surface area (Å²) >= 11 is 0. The topological polar surface area (TPSA) is 59.1 Å². The summed E-state index contributed by atoms with van der Waals surface area (Å²) in [5, 5.41) is 3.40. The number of amides is 1. The quantitative estimate of drug-likeness (QED) is 0.650. The fourth-order valence-electron chi connectivity index (χ4n) is 1.67. The molecule has 0 aliphatic carbocycles. The average molecular weight is 198 g/mol. The second-order valence-corrected chi connectivity index (χ2v) is 3.36. The van der Waals surface area contributed by atoms with Gasteiger partial charge >= 0.3 is 0 Å². The minimum Gasteiger partial charge on any atom is -0.317 e. The molecule has 1 aliphatic rings. The zero-order valence-electron chi connectivity index (χ0n) is 7.65. The maximum absolute atomic E-state index is 11.4. The van der Waals surface area contributed by atoms with Crippen LogP contribution in [0.25, 0.3) is 10.9 Å². The predicted molar refractivity (Wildman–Crippen MR) is 54.7 cm³/mol. The van der Waals surface area contributed by atoms with Gasteiger partial charge in [-0.15, -0.1) is 0 Å². The van der Waals surface area contributed by atoms with Crippen LogP contribution < -0.4 is 5.32 Å². The summed E-state index contributed by atoms with van der Waals surface area (Å²) in [5.41, 5.74) is 1.45. The number of carbonyl (C=O) groups is 2. The van der Waals surface area contributed by atoms with E-state index in [1.54, 1.807) is 6.07 Å². The van der Waals surface area contributed by atoms with Crippen LogP contribution in [0.3, 0.4) is 0 Å². The molecule has 0 unspecified atom stereocenters. The van der Waals surface area contributed by atoms with Crippen LogP contribution in [0.5, 0.6) is 0 Å². The number of aromatic nitrogens is 1. The third-order valence-electron chi connectivity index (χ3n) is 2.39. The molecular formula is C11H6N2O2. The number of nitrogens with zero attached hydrogens (tertiary/aromatic N) is 1. The number of ketones is 1.